The van der Waals surface area contributed by atoms with Gasteiger partial charge in [0.1, 0.15) is 12.4 Å². The SMILES string of the molecule is CC[C@H](C)[C@@H]([C@@H](CC(=O)N1CCC[C@H]1[C@H](OC)[C@@H](C)C(=O)C[C@H](C)[C@@H](O)c1ccccc1)OC)N(C)C(=O)[C@@H](CC(=O)[C@H](C(C)C)N(C)C(=O)OCc1ccc(NC(=O)[C@H](CCCNC(N)=O)CC(=O)[C@@H](NC(=O)c2ccc(C(=O)C(CCCCOCCOCCOCCOCCOCCOCCOC)CS(=O)(=O)CCOCCOCCOCCOCCOCCOCCOC)cc2)C(C)C)cc1)C(C)C. The second kappa shape index (κ2) is 73.2. The Hall–Kier alpha value is -7.97. The van der Waals surface area contributed by atoms with E-state index in [2.05, 4.69) is 16.0 Å². The number of sulfone groups is 1. The Labute approximate surface area is 837 Å². The molecule has 1 unspecified atom stereocenters. The van der Waals surface area contributed by atoms with Gasteiger partial charge in [-0.2, -0.15) is 0 Å². The predicted molar refractivity (Wildman–Crippen MR) is 532 cm³/mol. The van der Waals surface area contributed by atoms with Gasteiger partial charge in [0.05, 0.1) is 226 Å². The molecule has 3 aromatic carbocycles. The van der Waals surface area contributed by atoms with E-state index in [4.69, 9.17) is 86.3 Å². The number of hydrogen-bond acceptors (Lipinski definition) is 30. The Balaban J connectivity index is 1.36. The lowest BCUT2D eigenvalue weighted by atomic mass is 9.83. The summed E-state index contributed by atoms with van der Waals surface area (Å²) in [5.41, 5.74) is 7.20. The third-order valence-electron chi connectivity index (χ3n) is 25.0. The number of aliphatic hydroxyl groups is 1. The van der Waals surface area contributed by atoms with Crippen LogP contribution in [0.3, 0.4) is 0 Å². The number of methoxy groups -OCH3 is 4. The Morgan fingerprint density at radius 3 is 1.47 bits per heavy atom. The number of aliphatic hydroxyl groups excluding tert-OH is 1. The molecule has 0 aromatic heterocycles. The van der Waals surface area contributed by atoms with Gasteiger partial charge in [-0.3, -0.25) is 38.4 Å². The van der Waals surface area contributed by atoms with Crippen LogP contribution < -0.4 is 21.7 Å². The second-order valence-corrected chi connectivity index (χ2v) is 39.0. The molecule has 13 atom stereocenters. The highest BCUT2D eigenvalue weighted by atomic mass is 32.2. The zero-order valence-corrected chi connectivity index (χ0v) is 87.6. The first-order chi connectivity index (χ1) is 67.7. The van der Waals surface area contributed by atoms with Crippen LogP contribution >= 0.6 is 0 Å². The van der Waals surface area contributed by atoms with Crippen LogP contribution in [-0.2, 0) is 126 Å². The number of primary amides is 1. The number of anilines is 1. The zero-order valence-electron chi connectivity index (χ0n) is 86.8. The average molecular weight is 2020 g/mol. The molecule has 1 aliphatic rings. The number of nitrogens with one attached hydrogen (secondary N) is 3. The number of Topliss-reactive ketones (excluding diaryl/α,β-unsaturated/α-hetero) is 4. The summed E-state index contributed by atoms with van der Waals surface area (Å²) in [7, 11) is 5.57. The largest absolute Gasteiger partial charge is 0.445 e. The highest BCUT2D eigenvalue weighted by molar-refractivity contribution is 7.91. The molecule has 1 saturated heterocycles. The standard InChI is InChI=1S/C103H169N7O30S/c1-17-76(8)95(91(126-15)70-92(114)110-39-24-29-87(110)98(127-16)78(10)88(111)67-77(9)96(115)80-25-19-18-20-26-80)108(11)101(119)86(73(2)3)69-90(113)94(75(6)7)109(12)103(121)140-71-79-30-36-85(37-31-79)106-100(118)83(28-23-38-105-102(104)120)68-89(112)93(74(4)5)107-99(117)82-34-32-81(33-35-82)97(116)84(27-21-22-40-128-45-46-131-51-52-134-57-58-135-55-53-132-49-47-129-43-41-124-13)72-141(122,123)66-65-139-64-63-138-62-61-137-60-59-136-56-54-133-50-48-130-44-42-125-14/h18-20,25-26,30-37,73-78,83-84,86-87,91,93-96,98,115H,17,21-24,27-29,38-72H2,1-16H3,(H,106,118)(H,107,117)(H3,104,105,120)/t76-,77-,78-,83+,84?,86-,87-,91+,93-,94-,95-,96+,98+/m0/s1. The number of ether oxygens (including phenoxy) is 17. The fraction of sp³-hybridized carbons (Fsp3) is 0.728. The van der Waals surface area contributed by atoms with Crippen LogP contribution in [-0.4, -0.2) is 362 Å². The predicted octanol–water partition coefficient (Wildman–Crippen LogP) is 10.1. The van der Waals surface area contributed by atoms with Gasteiger partial charge in [0.15, 0.2) is 27.2 Å². The number of carbonyl (C=O) groups is 10. The van der Waals surface area contributed by atoms with E-state index in [1.54, 1.807) is 90.1 Å². The van der Waals surface area contributed by atoms with Crippen molar-refractivity contribution >= 4 is 74.4 Å². The number of nitrogens with zero attached hydrogens (tertiary/aromatic N) is 3. The van der Waals surface area contributed by atoms with E-state index in [1.165, 1.54) is 43.3 Å². The number of nitrogens with two attached hydrogens (primary N) is 1. The van der Waals surface area contributed by atoms with Crippen molar-refractivity contribution in [3.8, 4) is 0 Å². The number of likely N-dealkylation sites (tertiary alicyclic amines) is 1. The lowest BCUT2D eigenvalue weighted by Crippen LogP contribution is -2.54. The Morgan fingerprint density at radius 1 is 0.511 bits per heavy atom. The van der Waals surface area contributed by atoms with Crippen LogP contribution in [0.15, 0.2) is 78.9 Å². The molecule has 38 heteroatoms. The maximum Gasteiger partial charge on any atom is 0.410 e. The minimum Gasteiger partial charge on any atom is -0.445 e. The molecule has 37 nitrogen and oxygen atoms in total. The maximum absolute atomic E-state index is 15.0. The number of hydrogen-bond donors (Lipinski definition) is 5. The van der Waals surface area contributed by atoms with Crippen LogP contribution in [0.5, 0.6) is 0 Å². The fourth-order valence-electron chi connectivity index (χ4n) is 16.7. The molecule has 6 N–H and O–H groups in total. The van der Waals surface area contributed by atoms with Gasteiger partial charge in [0.2, 0.25) is 17.7 Å². The average Bonchev–Trinajstić information content (AvgIpc) is 1.75. The lowest BCUT2D eigenvalue weighted by molar-refractivity contribution is -0.149. The van der Waals surface area contributed by atoms with Gasteiger partial charge in [0, 0.05) is 122 Å². The molecule has 4 rings (SSSR count). The van der Waals surface area contributed by atoms with Crippen LogP contribution in [0, 0.1) is 53.3 Å². The van der Waals surface area contributed by atoms with Gasteiger partial charge in [-0.05, 0) is 104 Å². The van der Waals surface area contributed by atoms with Gasteiger partial charge in [0.25, 0.3) is 5.91 Å². The van der Waals surface area contributed by atoms with Crippen molar-refractivity contribution in [2.24, 2.45) is 59.0 Å². The number of ketones is 4. The van der Waals surface area contributed by atoms with Crippen molar-refractivity contribution in [1.82, 2.24) is 25.3 Å². The fourth-order valence-corrected chi connectivity index (χ4v) is 18.2. The summed E-state index contributed by atoms with van der Waals surface area (Å²) in [6, 6.07) is 17.5. The molecule has 0 saturated carbocycles. The summed E-state index contributed by atoms with van der Waals surface area (Å²) in [6.07, 6.45) is -0.0763. The molecular formula is C103H169N7O30S. The smallest absolute Gasteiger partial charge is 0.410 e. The molecule has 141 heavy (non-hydrogen) atoms. The Morgan fingerprint density at radius 2 is 1.00 bits per heavy atom. The molecular weight excluding hydrogens is 1850 g/mol. The van der Waals surface area contributed by atoms with Crippen LogP contribution in [0.1, 0.15) is 184 Å². The highest BCUT2D eigenvalue weighted by Crippen LogP contribution is 2.34. The van der Waals surface area contributed by atoms with Crippen molar-refractivity contribution in [3.05, 3.63) is 101 Å². The van der Waals surface area contributed by atoms with Crippen LogP contribution in [0.25, 0.3) is 0 Å². The highest BCUT2D eigenvalue weighted by Gasteiger charge is 2.45. The van der Waals surface area contributed by atoms with E-state index in [0.717, 1.165) is 5.56 Å². The van der Waals surface area contributed by atoms with E-state index in [9.17, 15) is 56.7 Å². The quantitative estimate of drug-likeness (QED) is 0.0259. The van der Waals surface area contributed by atoms with Crippen molar-refractivity contribution < 1.29 is 142 Å². The minimum atomic E-state index is -3.86. The molecule has 7 amide bonds. The third-order valence-corrected chi connectivity index (χ3v) is 26.7. The lowest BCUT2D eigenvalue weighted by Gasteiger charge is -2.41. The van der Waals surface area contributed by atoms with Crippen molar-refractivity contribution in [1.29, 1.82) is 0 Å². The zero-order chi connectivity index (χ0) is 104. The van der Waals surface area contributed by atoms with E-state index >= 15 is 4.79 Å². The number of rotatable bonds is 84. The molecule has 0 aliphatic carbocycles. The van der Waals surface area contributed by atoms with Crippen molar-refractivity contribution in [2.45, 2.75) is 195 Å². The molecule has 1 fully saturated rings. The van der Waals surface area contributed by atoms with Crippen molar-refractivity contribution in [3.63, 3.8) is 0 Å². The summed E-state index contributed by atoms with van der Waals surface area (Å²) >= 11 is 0. The monoisotopic (exact) mass is 2020 g/mol. The number of amides is 7. The molecule has 0 bridgehead atoms. The van der Waals surface area contributed by atoms with Gasteiger partial charge in [-0.1, -0.05) is 137 Å². The first kappa shape index (κ1) is 125. The summed E-state index contributed by atoms with van der Waals surface area (Å²) in [6.45, 7) is 28.4. The van der Waals surface area contributed by atoms with E-state index in [1.807, 2.05) is 71.9 Å². The maximum atomic E-state index is 15.0. The molecule has 1 aliphatic heterocycles. The number of unbranched alkanes of at least 4 members (excludes halogenated alkanes) is 1. The molecule has 0 radical (unpaired) electrons. The van der Waals surface area contributed by atoms with Crippen LogP contribution in [0.4, 0.5) is 15.3 Å². The van der Waals surface area contributed by atoms with E-state index < -0.39 is 129 Å². The summed E-state index contributed by atoms with van der Waals surface area (Å²) in [5, 5.41) is 19.3. The van der Waals surface area contributed by atoms with Gasteiger partial charge >= 0.3 is 12.1 Å². The first-order valence-corrected chi connectivity index (χ1v) is 51.8. The van der Waals surface area contributed by atoms with Crippen molar-refractivity contribution in [2.75, 3.05) is 244 Å². The molecule has 0 spiro atoms. The normalized spacial score (nSPS) is 15.5. The van der Waals surface area contributed by atoms with E-state index in [-0.39, 0.29) is 143 Å². The first-order valence-electron chi connectivity index (χ1n) is 50.0. The van der Waals surface area contributed by atoms with Gasteiger partial charge < -0.3 is 122 Å². The van der Waals surface area contributed by atoms with E-state index in [0.29, 0.717) is 195 Å². The molecule has 802 valence electrons. The Kier molecular flexibility index (Phi) is 65.0. The van der Waals surface area contributed by atoms with Crippen LogP contribution in [0.2, 0.25) is 0 Å². The molecule has 1 heterocycles. The second-order valence-electron chi connectivity index (χ2n) is 36.7. The topological polar surface area (TPSA) is 454 Å². The summed E-state index contributed by atoms with van der Waals surface area (Å²) in [4.78, 5) is 146. The minimum absolute atomic E-state index is 0.0750. The number of urea groups is 1. The number of likely N-dealkylation sites (N-methyl/N-ethyl adjacent to an activating group) is 2. The third kappa shape index (κ3) is 49.7. The summed E-state index contributed by atoms with van der Waals surface area (Å²) < 4.78 is 122. The van der Waals surface area contributed by atoms with Gasteiger partial charge in [-0.15, -0.1) is 0 Å². The van der Waals surface area contributed by atoms with Gasteiger partial charge in [-0.25, -0.2) is 18.0 Å². The molecule has 3 aromatic rings. The number of benzene rings is 3. The Bertz CT molecular complexity index is 4100. The summed E-state index contributed by atoms with van der Waals surface area (Å²) in [5.74, 6) is -9.04. The number of carbonyl (C=O) groups excluding carboxylic acids is 10.